The molecule has 0 bridgehead atoms. The van der Waals surface area contributed by atoms with E-state index in [1.807, 2.05) is 0 Å². The minimum atomic E-state index is -0.394. The minimum Gasteiger partial charge on any atom is -0.387 e. The van der Waals surface area contributed by atoms with E-state index in [2.05, 4.69) is 45.9 Å². The van der Waals surface area contributed by atoms with E-state index in [-0.39, 0.29) is 0 Å². The van der Waals surface area contributed by atoms with Crippen molar-refractivity contribution in [3.8, 4) is 11.3 Å². The fourth-order valence-electron chi connectivity index (χ4n) is 3.70. The molecule has 3 rings (SSSR count). The van der Waals surface area contributed by atoms with E-state index in [4.69, 9.17) is 4.98 Å². The second kappa shape index (κ2) is 5.85. The summed E-state index contributed by atoms with van der Waals surface area (Å²) in [6, 6.07) is 6.75. The van der Waals surface area contributed by atoms with Gasteiger partial charge in [0.25, 0.3) is 0 Å². The van der Waals surface area contributed by atoms with Gasteiger partial charge in [-0.15, -0.1) is 0 Å². The molecule has 2 nitrogen and oxygen atoms in total. The third kappa shape index (κ3) is 2.46. The van der Waals surface area contributed by atoms with Crippen LogP contribution in [0.25, 0.3) is 11.3 Å². The molecule has 116 valence electrons. The van der Waals surface area contributed by atoms with Crippen molar-refractivity contribution in [1.29, 1.82) is 0 Å². The first-order valence-electron chi connectivity index (χ1n) is 8.36. The van der Waals surface area contributed by atoms with Gasteiger partial charge in [0.2, 0.25) is 0 Å². The first-order valence-corrected chi connectivity index (χ1v) is 8.36. The van der Waals surface area contributed by atoms with Crippen LogP contribution in [-0.4, -0.2) is 10.1 Å². The third-order valence-electron chi connectivity index (χ3n) is 4.83. The number of aryl methyl sites for hydroxylation is 4. The zero-order valence-corrected chi connectivity index (χ0v) is 14.0. The lowest BCUT2D eigenvalue weighted by molar-refractivity contribution is 0.176. The number of aliphatic hydroxyl groups is 1. The fraction of sp³-hybridized carbons (Fsp3) is 0.450. The number of nitrogens with zero attached hydrogens (tertiary/aromatic N) is 1. The Balaban J connectivity index is 2.24. The molecular formula is C20H25NO. The molecule has 1 heterocycles. The maximum absolute atomic E-state index is 10.2. The summed E-state index contributed by atoms with van der Waals surface area (Å²) in [4.78, 5) is 4.86. The highest BCUT2D eigenvalue weighted by molar-refractivity contribution is 5.70. The van der Waals surface area contributed by atoms with Gasteiger partial charge in [0, 0.05) is 5.56 Å². The van der Waals surface area contributed by atoms with Crippen molar-refractivity contribution in [3.63, 3.8) is 0 Å². The van der Waals surface area contributed by atoms with Crippen LogP contribution >= 0.6 is 0 Å². The van der Waals surface area contributed by atoms with Crippen molar-refractivity contribution in [2.24, 2.45) is 0 Å². The Morgan fingerprint density at radius 2 is 1.73 bits per heavy atom. The minimum absolute atomic E-state index is 0.394. The third-order valence-corrected chi connectivity index (χ3v) is 4.83. The summed E-state index contributed by atoms with van der Waals surface area (Å²) in [5, 5.41) is 10.2. The van der Waals surface area contributed by atoms with Crippen LogP contribution in [0.4, 0.5) is 0 Å². The molecule has 1 N–H and O–H groups in total. The molecule has 1 aromatic heterocycles. The summed E-state index contributed by atoms with van der Waals surface area (Å²) in [7, 11) is 0. The van der Waals surface area contributed by atoms with Gasteiger partial charge in [-0.1, -0.05) is 31.5 Å². The molecule has 2 heteroatoms. The quantitative estimate of drug-likeness (QED) is 0.906. The number of hydrogen-bond donors (Lipinski definition) is 1. The van der Waals surface area contributed by atoms with Crippen LogP contribution in [-0.2, 0) is 19.3 Å². The number of rotatable bonds is 3. The molecular weight excluding hydrogens is 270 g/mol. The van der Waals surface area contributed by atoms with E-state index >= 15 is 0 Å². The van der Waals surface area contributed by atoms with Crippen LogP contribution in [0.3, 0.4) is 0 Å². The van der Waals surface area contributed by atoms with E-state index in [1.54, 1.807) is 0 Å². The molecule has 22 heavy (non-hydrogen) atoms. The van der Waals surface area contributed by atoms with Gasteiger partial charge in [0.05, 0.1) is 17.5 Å². The number of benzene rings is 1. The Hall–Kier alpha value is -1.67. The highest BCUT2D eigenvalue weighted by Crippen LogP contribution is 2.36. The normalized spacial score (nSPS) is 16.9. The predicted molar refractivity (Wildman–Crippen MR) is 91.2 cm³/mol. The van der Waals surface area contributed by atoms with E-state index < -0.39 is 6.10 Å². The highest BCUT2D eigenvalue weighted by Gasteiger charge is 2.25. The van der Waals surface area contributed by atoms with Gasteiger partial charge in [-0.25, -0.2) is 4.98 Å². The van der Waals surface area contributed by atoms with Gasteiger partial charge in [-0.3, -0.25) is 0 Å². The number of aromatic nitrogens is 1. The maximum Gasteiger partial charge on any atom is 0.0966 e. The summed E-state index contributed by atoms with van der Waals surface area (Å²) < 4.78 is 0. The summed E-state index contributed by atoms with van der Waals surface area (Å²) in [5.74, 6) is 0. The van der Waals surface area contributed by atoms with Crippen molar-refractivity contribution in [2.75, 3.05) is 0 Å². The molecule has 0 radical (unpaired) electrons. The summed E-state index contributed by atoms with van der Waals surface area (Å²) in [6.45, 7) is 8.71. The zero-order chi connectivity index (χ0) is 15.9. The average molecular weight is 295 g/mol. The topological polar surface area (TPSA) is 33.1 Å². The van der Waals surface area contributed by atoms with Gasteiger partial charge in [-0.2, -0.15) is 0 Å². The maximum atomic E-state index is 10.2. The summed E-state index contributed by atoms with van der Waals surface area (Å²) in [5.41, 5.74) is 9.76. The molecule has 1 aliphatic carbocycles. The first-order chi connectivity index (χ1) is 10.5. The lowest BCUT2D eigenvalue weighted by atomic mass is 9.91. The second-order valence-corrected chi connectivity index (χ2v) is 6.41. The molecule has 0 spiro atoms. The highest BCUT2D eigenvalue weighted by atomic mass is 16.3. The fourth-order valence-corrected chi connectivity index (χ4v) is 3.70. The Labute approximate surface area is 133 Å². The number of aliphatic hydroxyl groups excluding tert-OH is 1. The van der Waals surface area contributed by atoms with Crippen molar-refractivity contribution in [1.82, 2.24) is 4.98 Å². The Morgan fingerprint density at radius 1 is 1.09 bits per heavy atom. The molecule has 2 aromatic rings. The standard InChI is InChI=1S/C20H25NO/c1-5-14-9-12(3)10-15(6-2)19(14)17-11-13(4)16-7-8-18(22)20(16)21-17/h9-11,18,22H,5-8H2,1-4H3/t18-/m0/s1. The molecule has 1 aromatic carbocycles. The molecule has 1 aliphatic rings. The second-order valence-electron chi connectivity index (χ2n) is 6.41. The zero-order valence-electron chi connectivity index (χ0n) is 14.0. The van der Waals surface area contributed by atoms with Gasteiger partial charge < -0.3 is 5.11 Å². The van der Waals surface area contributed by atoms with Crippen LogP contribution in [0, 0.1) is 13.8 Å². The number of hydrogen-bond acceptors (Lipinski definition) is 2. The van der Waals surface area contributed by atoms with Crippen molar-refractivity contribution in [2.45, 2.75) is 59.5 Å². The van der Waals surface area contributed by atoms with E-state index in [1.165, 1.54) is 33.4 Å². The van der Waals surface area contributed by atoms with Gasteiger partial charge in [-0.05, 0) is 67.9 Å². The van der Waals surface area contributed by atoms with E-state index in [9.17, 15) is 5.11 Å². The van der Waals surface area contributed by atoms with Crippen LogP contribution in [0.5, 0.6) is 0 Å². The molecule has 0 unspecified atom stereocenters. The van der Waals surface area contributed by atoms with Crippen LogP contribution in [0.1, 0.15) is 59.9 Å². The van der Waals surface area contributed by atoms with Crippen LogP contribution < -0.4 is 0 Å². The molecule has 0 saturated carbocycles. The monoisotopic (exact) mass is 295 g/mol. The molecule has 0 saturated heterocycles. The van der Waals surface area contributed by atoms with Crippen LogP contribution in [0.2, 0.25) is 0 Å². The SMILES string of the molecule is CCc1cc(C)cc(CC)c1-c1cc(C)c2c(n1)[C@@H](O)CC2. The van der Waals surface area contributed by atoms with Gasteiger partial charge >= 0.3 is 0 Å². The Kier molecular flexibility index (Phi) is 4.05. The van der Waals surface area contributed by atoms with Gasteiger partial charge in [0.15, 0.2) is 0 Å². The van der Waals surface area contributed by atoms with Crippen molar-refractivity contribution < 1.29 is 5.11 Å². The van der Waals surface area contributed by atoms with Crippen LogP contribution in [0.15, 0.2) is 18.2 Å². The summed E-state index contributed by atoms with van der Waals surface area (Å²) in [6.07, 6.45) is 3.37. The largest absolute Gasteiger partial charge is 0.387 e. The Bertz CT molecular complexity index is 693. The molecule has 0 aliphatic heterocycles. The lowest BCUT2D eigenvalue weighted by Crippen LogP contribution is -2.03. The summed E-state index contributed by atoms with van der Waals surface area (Å²) >= 11 is 0. The number of pyridine rings is 1. The molecule has 0 amide bonds. The van der Waals surface area contributed by atoms with Crippen molar-refractivity contribution >= 4 is 0 Å². The molecule has 1 atom stereocenters. The smallest absolute Gasteiger partial charge is 0.0966 e. The average Bonchev–Trinajstić information content (AvgIpc) is 2.88. The lowest BCUT2D eigenvalue weighted by Gasteiger charge is -2.17. The van der Waals surface area contributed by atoms with Crippen molar-refractivity contribution in [3.05, 3.63) is 51.7 Å². The van der Waals surface area contributed by atoms with Gasteiger partial charge in [0.1, 0.15) is 0 Å². The van der Waals surface area contributed by atoms with E-state index in [0.29, 0.717) is 0 Å². The van der Waals surface area contributed by atoms with E-state index in [0.717, 1.165) is 37.1 Å². The predicted octanol–water partition coefficient (Wildman–Crippen LogP) is 4.47. The Morgan fingerprint density at radius 3 is 2.32 bits per heavy atom. The molecule has 0 fully saturated rings. The number of fused-ring (bicyclic) bond motifs is 1. The first kappa shape index (κ1) is 15.2.